The molecule has 1 amide bonds. The quantitative estimate of drug-likeness (QED) is 0.865. The van der Waals surface area contributed by atoms with Crippen LogP contribution in [0.25, 0.3) is 0 Å². The van der Waals surface area contributed by atoms with Gasteiger partial charge in [-0.15, -0.1) is 0 Å². The minimum absolute atomic E-state index is 0.0751. The van der Waals surface area contributed by atoms with Crippen LogP contribution in [0.15, 0.2) is 44.4 Å². The molecule has 3 heterocycles. The van der Waals surface area contributed by atoms with Crippen molar-refractivity contribution in [3.8, 4) is 0 Å². The molecule has 0 spiro atoms. The third kappa shape index (κ3) is 3.40. The van der Waals surface area contributed by atoms with Crippen molar-refractivity contribution in [2.24, 2.45) is 0 Å². The van der Waals surface area contributed by atoms with Crippen LogP contribution in [0.5, 0.6) is 0 Å². The van der Waals surface area contributed by atoms with Gasteiger partial charge in [0.2, 0.25) is 0 Å². The zero-order valence-electron chi connectivity index (χ0n) is 11.5. The summed E-state index contributed by atoms with van der Waals surface area (Å²) in [5, 5.41) is 4.24. The van der Waals surface area contributed by atoms with Crippen LogP contribution in [0.4, 0.5) is 0 Å². The van der Waals surface area contributed by atoms with Gasteiger partial charge < -0.3 is 9.32 Å². The Kier molecular flexibility index (Phi) is 4.17. The number of hydrogen-bond donors (Lipinski definition) is 0. The van der Waals surface area contributed by atoms with Crippen molar-refractivity contribution in [2.75, 3.05) is 26.2 Å². The van der Waals surface area contributed by atoms with Crippen molar-refractivity contribution in [1.82, 2.24) is 9.80 Å². The summed E-state index contributed by atoms with van der Waals surface area (Å²) in [4.78, 5) is 27.3. The first kappa shape index (κ1) is 14.0. The Morgan fingerprint density at radius 2 is 2.00 bits per heavy atom. The summed E-state index contributed by atoms with van der Waals surface area (Å²) < 4.78 is 4.75. The number of rotatable bonds is 3. The Labute approximate surface area is 126 Å². The fourth-order valence-corrected chi connectivity index (χ4v) is 3.07. The highest BCUT2D eigenvalue weighted by Crippen LogP contribution is 2.13. The van der Waals surface area contributed by atoms with E-state index in [4.69, 9.17) is 4.42 Å². The fourth-order valence-electron chi connectivity index (χ4n) is 2.41. The molecule has 0 atom stereocenters. The molecule has 6 heteroatoms. The highest BCUT2D eigenvalue weighted by Gasteiger charge is 2.22. The van der Waals surface area contributed by atoms with Gasteiger partial charge in [0.05, 0.1) is 5.56 Å². The lowest BCUT2D eigenvalue weighted by atomic mass is 10.2. The van der Waals surface area contributed by atoms with Crippen LogP contribution < -0.4 is 5.63 Å². The standard InChI is InChI=1S/C15H16N2O3S/c18-14-2-1-13(10-20-14)15(19)17-6-4-16(5-7-17)9-12-3-8-21-11-12/h1-3,8,10-11H,4-7,9H2. The summed E-state index contributed by atoms with van der Waals surface area (Å²) in [6.45, 7) is 4.05. The number of amides is 1. The predicted molar refractivity (Wildman–Crippen MR) is 80.5 cm³/mol. The predicted octanol–water partition coefficient (Wildman–Crippen LogP) is 1.66. The first-order chi connectivity index (χ1) is 10.2. The van der Waals surface area contributed by atoms with E-state index in [0.29, 0.717) is 18.7 Å². The third-order valence-electron chi connectivity index (χ3n) is 3.59. The smallest absolute Gasteiger partial charge is 0.335 e. The summed E-state index contributed by atoms with van der Waals surface area (Å²) in [6, 6.07) is 4.93. The van der Waals surface area contributed by atoms with E-state index in [1.807, 2.05) is 0 Å². The molecule has 1 saturated heterocycles. The number of carbonyl (C=O) groups excluding carboxylic acids is 1. The highest BCUT2D eigenvalue weighted by atomic mass is 32.1. The van der Waals surface area contributed by atoms with Crippen molar-refractivity contribution in [2.45, 2.75) is 6.54 Å². The fraction of sp³-hybridized carbons (Fsp3) is 0.333. The number of piperazine rings is 1. The van der Waals surface area contributed by atoms with E-state index in [1.165, 1.54) is 24.0 Å². The Morgan fingerprint density at radius 3 is 2.62 bits per heavy atom. The first-order valence-corrected chi connectivity index (χ1v) is 7.78. The summed E-state index contributed by atoms with van der Waals surface area (Å²) in [7, 11) is 0. The number of hydrogen-bond acceptors (Lipinski definition) is 5. The van der Waals surface area contributed by atoms with Gasteiger partial charge in [-0.3, -0.25) is 9.69 Å². The first-order valence-electron chi connectivity index (χ1n) is 6.84. The molecule has 0 aromatic carbocycles. The van der Waals surface area contributed by atoms with Gasteiger partial charge in [-0.25, -0.2) is 4.79 Å². The maximum atomic E-state index is 12.3. The Hall–Kier alpha value is -1.92. The van der Waals surface area contributed by atoms with E-state index in [0.717, 1.165) is 19.6 Å². The third-order valence-corrected chi connectivity index (χ3v) is 4.33. The minimum Gasteiger partial charge on any atom is -0.430 e. The van der Waals surface area contributed by atoms with Gasteiger partial charge in [0, 0.05) is 38.8 Å². The van der Waals surface area contributed by atoms with Crippen LogP contribution in [-0.2, 0) is 6.54 Å². The maximum Gasteiger partial charge on any atom is 0.335 e. The molecule has 0 saturated carbocycles. The summed E-state index contributed by atoms with van der Waals surface area (Å²) >= 11 is 1.70. The van der Waals surface area contributed by atoms with E-state index in [-0.39, 0.29) is 5.91 Å². The largest absolute Gasteiger partial charge is 0.430 e. The lowest BCUT2D eigenvalue weighted by Crippen LogP contribution is -2.48. The number of thiophene rings is 1. The van der Waals surface area contributed by atoms with Crippen LogP contribution >= 0.6 is 11.3 Å². The van der Waals surface area contributed by atoms with Gasteiger partial charge in [-0.05, 0) is 28.5 Å². The second-order valence-electron chi connectivity index (χ2n) is 5.04. The van der Waals surface area contributed by atoms with E-state index >= 15 is 0 Å². The van der Waals surface area contributed by atoms with Crippen molar-refractivity contribution in [3.63, 3.8) is 0 Å². The molecule has 1 fully saturated rings. The maximum absolute atomic E-state index is 12.3. The molecule has 0 unspecified atom stereocenters. The average molecular weight is 304 g/mol. The molecule has 21 heavy (non-hydrogen) atoms. The molecule has 0 aliphatic carbocycles. The summed E-state index contributed by atoms with van der Waals surface area (Å²) in [6.07, 6.45) is 1.24. The van der Waals surface area contributed by atoms with Crippen LogP contribution in [0.1, 0.15) is 15.9 Å². The second-order valence-corrected chi connectivity index (χ2v) is 5.82. The lowest BCUT2D eigenvalue weighted by molar-refractivity contribution is 0.0626. The van der Waals surface area contributed by atoms with Crippen molar-refractivity contribution >= 4 is 17.2 Å². The number of carbonyl (C=O) groups is 1. The molecule has 0 radical (unpaired) electrons. The SMILES string of the molecule is O=C(c1ccc(=O)oc1)N1CCN(Cc2ccsc2)CC1. The van der Waals surface area contributed by atoms with Gasteiger partial charge in [0.25, 0.3) is 5.91 Å². The van der Waals surface area contributed by atoms with Crippen LogP contribution in [-0.4, -0.2) is 41.9 Å². The van der Waals surface area contributed by atoms with Crippen LogP contribution in [0.2, 0.25) is 0 Å². The zero-order chi connectivity index (χ0) is 14.7. The van der Waals surface area contributed by atoms with Gasteiger partial charge in [0.15, 0.2) is 0 Å². The highest BCUT2D eigenvalue weighted by molar-refractivity contribution is 7.07. The van der Waals surface area contributed by atoms with Crippen molar-refractivity contribution in [1.29, 1.82) is 0 Å². The molecular formula is C15H16N2O3S. The molecule has 0 N–H and O–H groups in total. The minimum atomic E-state index is -0.438. The van der Waals surface area contributed by atoms with Gasteiger partial charge in [-0.2, -0.15) is 11.3 Å². The van der Waals surface area contributed by atoms with Gasteiger partial charge in [0.1, 0.15) is 6.26 Å². The van der Waals surface area contributed by atoms with E-state index in [2.05, 4.69) is 21.7 Å². The van der Waals surface area contributed by atoms with E-state index < -0.39 is 5.63 Å². The molecule has 0 bridgehead atoms. The summed E-state index contributed by atoms with van der Waals surface area (Å²) in [5.74, 6) is -0.0751. The molecule has 2 aromatic heterocycles. The average Bonchev–Trinajstić information content (AvgIpc) is 3.01. The topological polar surface area (TPSA) is 53.8 Å². The Bertz CT molecular complexity index is 637. The van der Waals surface area contributed by atoms with Crippen LogP contribution in [0.3, 0.4) is 0 Å². The molecule has 3 rings (SSSR count). The van der Waals surface area contributed by atoms with Gasteiger partial charge >= 0.3 is 5.63 Å². The van der Waals surface area contributed by atoms with Gasteiger partial charge in [-0.1, -0.05) is 0 Å². The van der Waals surface area contributed by atoms with Crippen molar-refractivity contribution < 1.29 is 9.21 Å². The van der Waals surface area contributed by atoms with Crippen LogP contribution in [0, 0.1) is 0 Å². The van der Waals surface area contributed by atoms with E-state index in [9.17, 15) is 9.59 Å². The molecule has 1 aliphatic rings. The Balaban J connectivity index is 1.56. The Morgan fingerprint density at radius 1 is 1.19 bits per heavy atom. The van der Waals surface area contributed by atoms with Crippen molar-refractivity contribution in [3.05, 3.63) is 56.8 Å². The second kappa shape index (κ2) is 6.24. The van der Waals surface area contributed by atoms with E-state index in [1.54, 1.807) is 16.2 Å². The molecule has 1 aliphatic heterocycles. The molecule has 110 valence electrons. The lowest BCUT2D eigenvalue weighted by Gasteiger charge is -2.34. The zero-order valence-corrected chi connectivity index (χ0v) is 12.3. The monoisotopic (exact) mass is 304 g/mol. The molecule has 2 aromatic rings. The molecule has 5 nitrogen and oxygen atoms in total. The normalized spacial score (nSPS) is 16.1. The number of nitrogens with zero attached hydrogens (tertiary/aromatic N) is 2. The molecular weight excluding hydrogens is 288 g/mol. The summed E-state index contributed by atoms with van der Waals surface area (Å²) in [5.41, 5.74) is 1.32.